The van der Waals surface area contributed by atoms with E-state index in [9.17, 15) is 17.4 Å². The Balaban J connectivity index is 3.50. The van der Waals surface area contributed by atoms with E-state index in [1.54, 1.807) is 6.92 Å². The Kier molecular flexibility index (Phi) is 4.56. The maximum Gasteiger partial charge on any atom is 0.332 e. The van der Waals surface area contributed by atoms with Gasteiger partial charge in [-0.1, -0.05) is 25.6 Å². The summed E-state index contributed by atoms with van der Waals surface area (Å²) in [5.74, 6) is 2.91. The van der Waals surface area contributed by atoms with Crippen LogP contribution in [0.4, 0.5) is 3.89 Å². The van der Waals surface area contributed by atoms with Crippen LogP contribution in [0.2, 0.25) is 19.6 Å². The lowest BCUT2D eigenvalue weighted by Crippen LogP contribution is -2.16. The second-order valence-electron chi connectivity index (χ2n) is 5.35. The summed E-state index contributed by atoms with van der Waals surface area (Å²) in [5, 5.41) is 9.20. The highest BCUT2D eigenvalue weighted by Crippen LogP contribution is 2.21. The molecule has 104 valence electrons. The lowest BCUT2D eigenvalue weighted by molar-refractivity contribution is 0.280. The molecular weight excluding hydrogens is 283 g/mol. The Bertz CT molecular complexity index is 649. The van der Waals surface area contributed by atoms with E-state index in [-0.39, 0.29) is 6.61 Å². The molecule has 0 unspecified atom stereocenters. The molecule has 0 aromatic heterocycles. The van der Waals surface area contributed by atoms with Gasteiger partial charge in [0.05, 0.1) is 6.61 Å². The highest BCUT2D eigenvalue weighted by Gasteiger charge is 2.16. The predicted octanol–water partition coefficient (Wildman–Crippen LogP) is 2.37. The predicted molar refractivity (Wildman–Crippen MR) is 75.6 cm³/mol. The summed E-state index contributed by atoms with van der Waals surface area (Å²) in [6, 6.07) is 2.36. The zero-order chi connectivity index (χ0) is 14.8. The summed E-state index contributed by atoms with van der Waals surface area (Å²) in [5.41, 5.74) is 4.60. The van der Waals surface area contributed by atoms with Gasteiger partial charge in [0, 0.05) is 5.56 Å². The van der Waals surface area contributed by atoms with Crippen LogP contribution < -0.4 is 0 Å². The van der Waals surface area contributed by atoms with E-state index in [1.165, 1.54) is 6.07 Å². The molecule has 6 heteroatoms. The molecule has 1 aromatic carbocycles. The van der Waals surface area contributed by atoms with Crippen molar-refractivity contribution in [1.82, 2.24) is 0 Å². The summed E-state index contributed by atoms with van der Waals surface area (Å²) in [6.07, 6.45) is 0. The zero-order valence-corrected chi connectivity index (χ0v) is 13.2. The maximum atomic E-state index is 13.1. The van der Waals surface area contributed by atoms with Crippen molar-refractivity contribution >= 4 is 18.3 Å². The first-order chi connectivity index (χ1) is 8.54. The second-order valence-corrected chi connectivity index (χ2v) is 11.4. The van der Waals surface area contributed by atoms with Crippen LogP contribution in [-0.2, 0) is 16.8 Å². The van der Waals surface area contributed by atoms with E-state index in [2.05, 4.69) is 31.1 Å². The Hall–Kier alpha value is -1.16. The van der Waals surface area contributed by atoms with Crippen molar-refractivity contribution in [1.29, 1.82) is 0 Å². The minimum Gasteiger partial charge on any atom is -0.392 e. The first kappa shape index (κ1) is 15.9. The third kappa shape index (κ3) is 4.46. The standard InChI is InChI=1S/C13H17FO3SSi/c1-10-11(5-6-19(2,3)4)7-13(18(14,16)17)8-12(10)9-15/h7-8,15H,9H2,1-4H3. The average molecular weight is 300 g/mol. The summed E-state index contributed by atoms with van der Waals surface area (Å²) in [4.78, 5) is -0.456. The van der Waals surface area contributed by atoms with Gasteiger partial charge in [0.2, 0.25) is 0 Å². The number of aliphatic hydroxyl groups excluding tert-OH is 1. The molecule has 0 atom stereocenters. The summed E-state index contributed by atoms with van der Waals surface area (Å²) in [7, 11) is -6.42. The highest BCUT2D eigenvalue weighted by atomic mass is 32.3. The number of aliphatic hydroxyl groups is 1. The topological polar surface area (TPSA) is 54.4 Å². The molecule has 0 saturated carbocycles. The smallest absolute Gasteiger partial charge is 0.332 e. The Labute approximate surface area is 114 Å². The van der Waals surface area contributed by atoms with Gasteiger partial charge in [-0.25, -0.2) is 0 Å². The third-order valence-corrected chi connectivity index (χ3v) is 4.19. The lowest BCUT2D eigenvalue weighted by atomic mass is 10.0. The van der Waals surface area contributed by atoms with Crippen molar-refractivity contribution in [2.24, 2.45) is 0 Å². The molecule has 0 radical (unpaired) electrons. The number of benzene rings is 1. The van der Waals surface area contributed by atoms with Crippen LogP contribution in [0.25, 0.3) is 0 Å². The first-order valence-corrected chi connectivity index (χ1v) is 10.6. The lowest BCUT2D eigenvalue weighted by Gasteiger charge is -2.09. The molecule has 19 heavy (non-hydrogen) atoms. The molecule has 0 fully saturated rings. The van der Waals surface area contributed by atoms with Gasteiger partial charge in [0.15, 0.2) is 0 Å². The third-order valence-electron chi connectivity index (χ3n) is 2.51. The number of hydrogen-bond acceptors (Lipinski definition) is 3. The number of rotatable bonds is 2. The Morgan fingerprint density at radius 3 is 2.32 bits per heavy atom. The van der Waals surface area contributed by atoms with Gasteiger partial charge in [0.25, 0.3) is 0 Å². The normalized spacial score (nSPS) is 11.9. The van der Waals surface area contributed by atoms with E-state index in [4.69, 9.17) is 0 Å². The van der Waals surface area contributed by atoms with Gasteiger partial charge in [-0.05, 0) is 30.2 Å². The van der Waals surface area contributed by atoms with Gasteiger partial charge in [-0.2, -0.15) is 8.42 Å². The minimum atomic E-state index is -4.80. The van der Waals surface area contributed by atoms with E-state index in [1.807, 2.05) is 0 Å². The molecule has 1 rings (SSSR count). The molecule has 0 saturated heterocycles. The van der Waals surface area contributed by atoms with Crippen molar-refractivity contribution in [3.63, 3.8) is 0 Å². The van der Waals surface area contributed by atoms with Crippen molar-refractivity contribution in [2.45, 2.75) is 38.1 Å². The van der Waals surface area contributed by atoms with Crippen LogP contribution >= 0.6 is 0 Å². The Morgan fingerprint density at radius 2 is 1.89 bits per heavy atom. The average Bonchev–Trinajstić information content (AvgIpc) is 2.25. The summed E-state index contributed by atoms with van der Waals surface area (Å²) < 4.78 is 35.0. The van der Waals surface area contributed by atoms with Crippen molar-refractivity contribution in [3.8, 4) is 11.5 Å². The monoisotopic (exact) mass is 300 g/mol. The molecule has 1 aromatic rings. The molecule has 0 spiro atoms. The van der Waals surface area contributed by atoms with Gasteiger partial charge >= 0.3 is 10.2 Å². The van der Waals surface area contributed by atoms with Crippen molar-refractivity contribution in [3.05, 3.63) is 28.8 Å². The van der Waals surface area contributed by atoms with Crippen LogP contribution in [0.15, 0.2) is 17.0 Å². The van der Waals surface area contributed by atoms with Gasteiger partial charge in [-0.15, -0.1) is 9.43 Å². The largest absolute Gasteiger partial charge is 0.392 e. The fourth-order valence-electron chi connectivity index (χ4n) is 1.43. The molecule has 1 N–H and O–H groups in total. The van der Waals surface area contributed by atoms with E-state index in [0.29, 0.717) is 16.7 Å². The van der Waals surface area contributed by atoms with Gasteiger partial charge < -0.3 is 5.11 Å². The van der Waals surface area contributed by atoms with E-state index < -0.39 is 23.2 Å². The van der Waals surface area contributed by atoms with Crippen molar-refractivity contribution < 1.29 is 17.4 Å². The van der Waals surface area contributed by atoms with Crippen LogP contribution in [0.5, 0.6) is 0 Å². The minimum absolute atomic E-state index is 0.350. The molecule has 0 aliphatic rings. The summed E-state index contributed by atoms with van der Waals surface area (Å²) >= 11 is 0. The van der Waals surface area contributed by atoms with Gasteiger partial charge in [-0.3, -0.25) is 0 Å². The molecule has 0 aliphatic heterocycles. The molecule has 0 amide bonds. The highest BCUT2D eigenvalue weighted by molar-refractivity contribution is 7.86. The van der Waals surface area contributed by atoms with Crippen LogP contribution in [0.1, 0.15) is 16.7 Å². The first-order valence-electron chi connectivity index (χ1n) is 5.77. The van der Waals surface area contributed by atoms with Gasteiger partial charge in [0.1, 0.15) is 13.0 Å². The number of hydrogen-bond donors (Lipinski definition) is 1. The maximum absolute atomic E-state index is 13.1. The molecule has 0 bridgehead atoms. The molecular formula is C13H17FO3SSi. The van der Waals surface area contributed by atoms with E-state index in [0.717, 1.165) is 6.07 Å². The van der Waals surface area contributed by atoms with Crippen LogP contribution in [-0.4, -0.2) is 21.6 Å². The molecule has 0 aliphatic carbocycles. The van der Waals surface area contributed by atoms with Crippen LogP contribution in [0, 0.1) is 18.4 Å². The van der Waals surface area contributed by atoms with Crippen LogP contribution in [0.3, 0.4) is 0 Å². The number of halogens is 1. The second kappa shape index (κ2) is 5.45. The van der Waals surface area contributed by atoms with Crippen molar-refractivity contribution in [2.75, 3.05) is 0 Å². The Morgan fingerprint density at radius 1 is 1.32 bits per heavy atom. The molecule has 3 nitrogen and oxygen atoms in total. The summed E-state index contributed by atoms with van der Waals surface area (Å²) in [6.45, 7) is 7.54. The fourth-order valence-corrected chi connectivity index (χ4v) is 2.49. The fraction of sp³-hybridized carbons (Fsp3) is 0.385. The quantitative estimate of drug-likeness (QED) is 0.518. The molecule has 0 heterocycles. The zero-order valence-electron chi connectivity index (χ0n) is 11.4. The van der Waals surface area contributed by atoms with E-state index >= 15 is 0 Å². The SMILES string of the molecule is Cc1c(C#C[Si](C)(C)C)cc(S(=O)(=O)F)cc1CO.